The summed E-state index contributed by atoms with van der Waals surface area (Å²) in [4.78, 5) is 4.11. The van der Waals surface area contributed by atoms with E-state index in [-0.39, 0.29) is 0 Å². The number of aryl methyl sites for hydroxylation is 1. The fourth-order valence-corrected chi connectivity index (χ4v) is 1.71. The first-order valence-electron chi connectivity index (χ1n) is 4.09. The van der Waals surface area contributed by atoms with Crippen molar-refractivity contribution in [2.24, 2.45) is 0 Å². The Morgan fingerprint density at radius 3 is 2.85 bits per heavy atom. The minimum Gasteiger partial charge on any atom is -0.258 e. The maximum Gasteiger partial charge on any atom is 0.185 e. The lowest BCUT2D eigenvalue weighted by molar-refractivity contribution is 0.672. The summed E-state index contributed by atoms with van der Waals surface area (Å²) in [6.07, 6.45) is 2.99. The van der Waals surface area contributed by atoms with Gasteiger partial charge in [0.2, 0.25) is 0 Å². The van der Waals surface area contributed by atoms with E-state index in [0.717, 1.165) is 12.0 Å². The summed E-state index contributed by atoms with van der Waals surface area (Å²) in [5.41, 5.74) is 0.696. The van der Waals surface area contributed by atoms with Crippen LogP contribution < -0.4 is 0 Å². The predicted molar refractivity (Wildman–Crippen MR) is 45.5 cm³/mol. The van der Waals surface area contributed by atoms with Gasteiger partial charge in [-0.3, -0.25) is 4.98 Å². The normalized spacial score (nSPS) is 17.1. The van der Waals surface area contributed by atoms with E-state index in [4.69, 9.17) is 10.5 Å². The van der Waals surface area contributed by atoms with Crippen molar-refractivity contribution >= 4 is 0 Å². The second kappa shape index (κ2) is 2.57. The van der Waals surface area contributed by atoms with Crippen molar-refractivity contribution in [2.45, 2.75) is 18.3 Å². The van der Waals surface area contributed by atoms with E-state index in [1.807, 2.05) is 12.1 Å². The summed E-state index contributed by atoms with van der Waals surface area (Å²) >= 11 is 0. The lowest BCUT2D eigenvalue weighted by atomic mass is 9.89. The monoisotopic (exact) mass is 169 g/mol. The maximum absolute atomic E-state index is 8.95. The van der Waals surface area contributed by atoms with Gasteiger partial charge in [-0.2, -0.15) is 10.5 Å². The van der Waals surface area contributed by atoms with Crippen LogP contribution in [0.1, 0.15) is 17.7 Å². The third-order valence-electron chi connectivity index (χ3n) is 2.45. The number of nitriles is 2. The fraction of sp³-hybridized carbons (Fsp3) is 0.300. The van der Waals surface area contributed by atoms with Crippen molar-refractivity contribution in [3.05, 3.63) is 29.6 Å². The molecule has 1 aliphatic rings. The molecule has 0 unspecified atom stereocenters. The lowest BCUT2D eigenvalue weighted by Gasteiger charge is -2.09. The molecule has 0 N–H and O–H groups in total. The Balaban J connectivity index is 2.63. The average Bonchev–Trinajstić information content (AvgIpc) is 2.58. The number of fused-ring (bicyclic) bond motifs is 1. The second-order valence-corrected chi connectivity index (χ2v) is 3.14. The molecule has 13 heavy (non-hydrogen) atoms. The molecule has 0 bridgehead atoms. The third kappa shape index (κ3) is 0.910. The molecule has 0 spiro atoms. The van der Waals surface area contributed by atoms with E-state index in [1.165, 1.54) is 0 Å². The SMILES string of the molecule is N#CC1(C#N)CCc2cccnc21. The summed E-state index contributed by atoms with van der Waals surface area (Å²) in [5.74, 6) is 0. The minimum absolute atomic E-state index is 0.576. The van der Waals surface area contributed by atoms with Crippen molar-refractivity contribution in [3.63, 3.8) is 0 Å². The number of hydrogen-bond donors (Lipinski definition) is 0. The molecule has 2 rings (SSSR count). The molecule has 62 valence electrons. The molecule has 1 aromatic rings. The molecule has 0 fully saturated rings. The van der Waals surface area contributed by atoms with Crippen LogP contribution in [0, 0.1) is 22.7 Å². The van der Waals surface area contributed by atoms with Crippen LogP contribution in [0.5, 0.6) is 0 Å². The highest BCUT2D eigenvalue weighted by Crippen LogP contribution is 2.36. The number of rotatable bonds is 0. The lowest BCUT2D eigenvalue weighted by Crippen LogP contribution is -2.18. The van der Waals surface area contributed by atoms with Crippen molar-refractivity contribution in [3.8, 4) is 12.1 Å². The Labute approximate surface area is 76.3 Å². The summed E-state index contributed by atoms with van der Waals surface area (Å²) in [7, 11) is 0. The van der Waals surface area contributed by atoms with Gasteiger partial charge < -0.3 is 0 Å². The van der Waals surface area contributed by atoms with Gasteiger partial charge >= 0.3 is 0 Å². The van der Waals surface area contributed by atoms with Gasteiger partial charge in [0.05, 0.1) is 17.8 Å². The molecule has 0 aliphatic heterocycles. The van der Waals surface area contributed by atoms with E-state index in [2.05, 4.69) is 17.1 Å². The molecule has 0 saturated heterocycles. The highest BCUT2D eigenvalue weighted by molar-refractivity contribution is 5.45. The topological polar surface area (TPSA) is 60.5 Å². The minimum atomic E-state index is -0.989. The summed E-state index contributed by atoms with van der Waals surface area (Å²) in [6.45, 7) is 0. The summed E-state index contributed by atoms with van der Waals surface area (Å²) in [6, 6.07) is 7.89. The molecular weight excluding hydrogens is 162 g/mol. The Morgan fingerprint density at radius 1 is 1.38 bits per heavy atom. The van der Waals surface area contributed by atoms with E-state index in [0.29, 0.717) is 12.1 Å². The van der Waals surface area contributed by atoms with Crippen LogP contribution in [0.15, 0.2) is 18.3 Å². The standard InChI is InChI=1S/C10H7N3/c11-6-10(7-12)4-3-8-2-1-5-13-9(8)10/h1-2,5H,3-4H2. The Hall–Kier alpha value is -1.87. The van der Waals surface area contributed by atoms with Crippen LogP contribution >= 0.6 is 0 Å². The van der Waals surface area contributed by atoms with E-state index in [9.17, 15) is 0 Å². The van der Waals surface area contributed by atoms with Crippen molar-refractivity contribution in [1.82, 2.24) is 4.98 Å². The van der Waals surface area contributed by atoms with Gasteiger partial charge in [-0.25, -0.2) is 0 Å². The van der Waals surface area contributed by atoms with Crippen LogP contribution in [-0.4, -0.2) is 4.98 Å². The molecular formula is C10H7N3. The van der Waals surface area contributed by atoms with Gasteiger partial charge in [0.15, 0.2) is 5.41 Å². The Morgan fingerprint density at radius 2 is 2.15 bits per heavy atom. The number of nitrogens with zero attached hydrogens (tertiary/aromatic N) is 3. The quantitative estimate of drug-likeness (QED) is 0.588. The Bertz CT molecular complexity index is 409. The van der Waals surface area contributed by atoms with E-state index in [1.54, 1.807) is 6.20 Å². The van der Waals surface area contributed by atoms with Gasteiger partial charge in [-0.15, -0.1) is 0 Å². The molecule has 0 aromatic carbocycles. The highest BCUT2D eigenvalue weighted by atomic mass is 14.7. The largest absolute Gasteiger partial charge is 0.258 e. The molecule has 3 heteroatoms. The first-order valence-corrected chi connectivity index (χ1v) is 4.09. The van der Waals surface area contributed by atoms with Gasteiger partial charge in [0.25, 0.3) is 0 Å². The summed E-state index contributed by atoms with van der Waals surface area (Å²) in [5, 5.41) is 17.9. The molecule has 0 amide bonds. The van der Waals surface area contributed by atoms with Gasteiger partial charge in [0.1, 0.15) is 0 Å². The van der Waals surface area contributed by atoms with Crippen LogP contribution in [0.2, 0.25) is 0 Å². The van der Waals surface area contributed by atoms with Crippen LogP contribution in [0.4, 0.5) is 0 Å². The van der Waals surface area contributed by atoms with Gasteiger partial charge in [0, 0.05) is 6.20 Å². The predicted octanol–water partition coefficient (Wildman–Crippen LogP) is 1.31. The maximum atomic E-state index is 8.95. The fourth-order valence-electron chi connectivity index (χ4n) is 1.71. The first-order chi connectivity index (χ1) is 6.32. The smallest absolute Gasteiger partial charge is 0.185 e. The number of pyridine rings is 1. The zero-order valence-electron chi connectivity index (χ0n) is 6.99. The highest BCUT2D eigenvalue weighted by Gasteiger charge is 2.40. The average molecular weight is 169 g/mol. The van der Waals surface area contributed by atoms with Crippen molar-refractivity contribution in [2.75, 3.05) is 0 Å². The van der Waals surface area contributed by atoms with Crippen molar-refractivity contribution in [1.29, 1.82) is 10.5 Å². The molecule has 3 nitrogen and oxygen atoms in total. The molecule has 0 radical (unpaired) electrons. The van der Waals surface area contributed by atoms with Gasteiger partial charge in [-0.1, -0.05) is 6.07 Å². The van der Waals surface area contributed by atoms with E-state index >= 15 is 0 Å². The zero-order chi connectivity index (χ0) is 9.31. The summed E-state index contributed by atoms with van der Waals surface area (Å²) < 4.78 is 0. The second-order valence-electron chi connectivity index (χ2n) is 3.14. The zero-order valence-corrected chi connectivity index (χ0v) is 6.99. The van der Waals surface area contributed by atoms with Crippen LogP contribution in [-0.2, 0) is 11.8 Å². The molecule has 0 saturated carbocycles. The van der Waals surface area contributed by atoms with Crippen LogP contribution in [0.25, 0.3) is 0 Å². The molecule has 1 heterocycles. The molecule has 1 aliphatic carbocycles. The van der Waals surface area contributed by atoms with Crippen LogP contribution in [0.3, 0.4) is 0 Å². The number of aromatic nitrogens is 1. The third-order valence-corrected chi connectivity index (χ3v) is 2.45. The Kier molecular flexibility index (Phi) is 1.53. The molecule has 0 atom stereocenters. The van der Waals surface area contributed by atoms with Crippen molar-refractivity contribution < 1.29 is 0 Å². The first kappa shape index (κ1) is 7.76. The molecule has 1 aromatic heterocycles. The van der Waals surface area contributed by atoms with E-state index < -0.39 is 5.41 Å². The number of hydrogen-bond acceptors (Lipinski definition) is 3. The van der Waals surface area contributed by atoms with Gasteiger partial charge in [-0.05, 0) is 24.5 Å².